The molecular formula is C10H16ClN5. The summed E-state index contributed by atoms with van der Waals surface area (Å²) in [6.45, 7) is 2.24. The molecule has 0 atom stereocenters. The molecule has 1 fully saturated rings. The Morgan fingerprint density at radius 1 is 1.25 bits per heavy atom. The van der Waals surface area contributed by atoms with E-state index in [0.717, 1.165) is 5.92 Å². The lowest BCUT2D eigenvalue weighted by molar-refractivity contribution is 0.308. The van der Waals surface area contributed by atoms with Gasteiger partial charge in [0.2, 0.25) is 17.2 Å². The third-order valence-electron chi connectivity index (χ3n) is 2.70. The minimum absolute atomic E-state index is 0.230. The molecule has 16 heavy (non-hydrogen) atoms. The molecule has 0 amide bonds. The van der Waals surface area contributed by atoms with E-state index < -0.39 is 0 Å². The molecular weight excluding hydrogens is 226 g/mol. The maximum absolute atomic E-state index is 5.84. The van der Waals surface area contributed by atoms with Crippen LogP contribution < -0.4 is 10.2 Å². The Bertz CT molecular complexity index is 375. The van der Waals surface area contributed by atoms with Gasteiger partial charge in [-0.3, -0.25) is 0 Å². The van der Waals surface area contributed by atoms with Crippen molar-refractivity contribution >= 4 is 23.5 Å². The lowest BCUT2D eigenvalue weighted by Crippen LogP contribution is -2.34. The Hall–Kier alpha value is -1.10. The van der Waals surface area contributed by atoms with Gasteiger partial charge in [-0.05, 0) is 30.4 Å². The first-order valence-electron chi connectivity index (χ1n) is 5.40. The molecule has 0 bridgehead atoms. The highest BCUT2D eigenvalue weighted by Crippen LogP contribution is 2.28. The molecule has 1 heterocycles. The van der Waals surface area contributed by atoms with Crippen molar-refractivity contribution in [3.8, 4) is 0 Å². The Labute approximate surface area is 100 Å². The average Bonchev–Trinajstić information content (AvgIpc) is 2.14. The van der Waals surface area contributed by atoms with Gasteiger partial charge in [0.1, 0.15) is 0 Å². The zero-order valence-electron chi connectivity index (χ0n) is 9.74. The van der Waals surface area contributed by atoms with Crippen LogP contribution in [-0.4, -0.2) is 35.1 Å². The summed E-state index contributed by atoms with van der Waals surface area (Å²) in [4.78, 5) is 14.2. The number of halogens is 1. The molecule has 1 aliphatic carbocycles. The molecule has 6 heteroatoms. The summed E-state index contributed by atoms with van der Waals surface area (Å²) in [7, 11) is 3.75. The minimum atomic E-state index is 0.230. The van der Waals surface area contributed by atoms with Crippen LogP contribution in [0.25, 0.3) is 0 Å². The molecule has 1 N–H and O–H groups in total. The monoisotopic (exact) mass is 241 g/mol. The van der Waals surface area contributed by atoms with Gasteiger partial charge in [0, 0.05) is 20.1 Å². The van der Waals surface area contributed by atoms with Crippen LogP contribution in [0.5, 0.6) is 0 Å². The van der Waals surface area contributed by atoms with E-state index in [-0.39, 0.29) is 5.28 Å². The Morgan fingerprint density at radius 2 is 1.94 bits per heavy atom. The molecule has 1 aromatic heterocycles. The smallest absolute Gasteiger partial charge is 0.230 e. The first kappa shape index (κ1) is 11.4. The molecule has 0 saturated heterocycles. The van der Waals surface area contributed by atoms with Crippen LogP contribution in [0.15, 0.2) is 0 Å². The summed E-state index contributed by atoms with van der Waals surface area (Å²) in [5.74, 6) is 1.94. The van der Waals surface area contributed by atoms with E-state index in [4.69, 9.17) is 11.6 Å². The van der Waals surface area contributed by atoms with Gasteiger partial charge < -0.3 is 10.2 Å². The average molecular weight is 242 g/mol. The van der Waals surface area contributed by atoms with E-state index in [0.29, 0.717) is 17.9 Å². The van der Waals surface area contributed by atoms with Gasteiger partial charge in [-0.15, -0.1) is 0 Å². The van der Waals surface area contributed by atoms with Crippen LogP contribution >= 0.6 is 11.6 Å². The standard InChI is InChI=1S/C10H16ClN5/c1-6-4-7(5-6)12-9-13-8(11)14-10(15-9)16(2)3/h6-7H,4-5H2,1-3H3,(H,12,13,14,15). The van der Waals surface area contributed by atoms with Crippen molar-refractivity contribution in [3.05, 3.63) is 5.28 Å². The zero-order valence-corrected chi connectivity index (χ0v) is 10.5. The van der Waals surface area contributed by atoms with E-state index in [9.17, 15) is 0 Å². The number of nitrogens with zero attached hydrogens (tertiary/aromatic N) is 4. The minimum Gasteiger partial charge on any atom is -0.351 e. The van der Waals surface area contributed by atoms with Crippen LogP contribution in [0.3, 0.4) is 0 Å². The van der Waals surface area contributed by atoms with E-state index in [1.165, 1.54) is 12.8 Å². The predicted octanol–water partition coefficient (Wildman–Crippen LogP) is 1.80. The Kier molecular flexibility index (Phi) is 3.14. The molecule has 0 unspecified atom stereocenters. The Morgan fingerprint density at radius 3 is 2.50 bits per heavy atom. The number of aromatic nitrogens is 3. The first-order valence-corrected chi connectivity index (χ1v) is 5.78. The highest BCUT2D eigenvalue weighted by molar-refractivity contribution is 6.28. The molecule has 1 aliphatic rings. The van der Waals surface area contributed by atoms with Crippen molar-refractivity contribution in [1.29, 1.82) is 0 Å². The van der Waals surface area contributed by atoms with Crippen molar-refractivity contribution in [2.24, 2.45) is 5.92 Å². The van der Waals surface area contributed by atoms with Gasteiger partial charge in [-0.25, -0.2) is 0 Å². The fourth-order valence-electron chi connectivity index (χ4n) is 1.81. The molecule has 88 valence electrons. The van der Waals surface area contributed by atoms with Crippen LogP contribution in [0.1, 0.15) is 19.8 Å². The summed E-state index contributed by atoms with van der Waals surface area (Å²) in [6, 6.07) is 0.475. The number of nitrogens with one attached hydrogen (secondary N) is 1. The maximum atomic E-state index is 5.84. The molecule has 0 aliphatic heterocycles. The quantitative estimate of drug-likeness (QED) is 0.875. The summed E-state index contributed by atoms with van der Waals surface area (Å²) >= 11 is 5.84. The van der Waals surface area contributed by atoms with Crippen LogP contribution in [0.4, 0.5) is 11.9 Å². The summed E-state index contributed by atoms with van der Waals surface area (Å²) in [6.07, 6.45) is 2.33. The number of anilines is 2. The second-order valence-electron chi connectivity index (χ2n) is 4.54. The van der Waals surface area contributed by atoms with Gasteiger partial charge >= 0.3 is 0 Å². The molecule has 0 spiro atoms. The third-order valence-corrected chi connectivity index (χ3v) is 2.87. The second kappa shape index (κ2) is 4.41. The topological polar surface area (TPSA) is 53.9 Å². The van der Waals surface area contributed by atoms with Crippen molar-refractivity contribution in [2.75, 3.05) is 24.3 Å². The highest BCUT2D eigenvalue weighted by atomic mass is 35.5. The van der Waals surface area contributed by atoms with Crippen molar-refractivity contribution in [2.45, 2.75) is 25.8 Å². The van der Waals surface area contributed by atoms with E-state index in [2.05, 4.69) is 27.2 Å². The van der Waals surface area contributed by atoms with E-state index in [1.54, 1.807) is 0 Å². The summed E-state index contributed by atoms with van der Waals surface area (Å²) in [5.41, 5.74) is 0. The van der Waals surface area contributed by atoms with Gasteiger partial charge in [0.05, 0.1) is 0 Å². The van der Waals surface area contributed by atoms with Gasteiger partial charge in [-0.2, -0.15) is 15.0 Å². The molecule has 1 saturated carbocycles. The van der Waals surface area contributed by atoms with Crippen molar-refractivity contribution in [3.63, 3.8) is 0 Å². The van der Waals surface area contributed by atoms with Crippen LogP contribution in [-0.2, 0) is 0 Å². The van der Waals surface area contributed by atoms with Crippen LogP contribution in [0.2, 0.25) is 5.28 Å². The highest BCUT2D eigenvalue weighted by Gasteiger charge is 2.26. The van der Waals surface area contributed by atoms with Crippen molar-refractivity contribution < 1.29 is 0 Å². The fourth-order valence-corrected chi connectivity index (χ4v) is 1.96. The summed E-state index contributed by atoms with van der Waals surface area (Å²) < 4.78 is 0. The summed E-state index contributed by atoms with van der Waals surface area (Å²) in [5, 5.41) is 3.50. The predicted molar refractivity (Wildman–Crippen MR) is 65.0 cm³/mol. The normalized spacial score (nSPS) is 23.8. The lowest BCUT2D eigenvalue weighted by Gasteiger charge is -2.33. The van der Waals surface area contributed by atoms with Gasteiger partial charge in [0.15, 0.2) is 0 Å². The molecule has 2 rings (SSSR count). The van der Waals surface area contributed by atoms with Gasteiger partial charge in [-0.1, -0.05) is 6.92 Å². The van der Waals surface area contributed by atoms with E-state index >= 15 is 0 Å². The fraction of sp³-hybridized carbons (Fsp3) is 0.700. The molecule has 0 radical (unpaired) electrons. The molecule has 0 aromatic carbocycles. The number of hydrogen-bond acceptors (Lipinski definition) is 5. The second-order valence-corrected chi connectivity index (χ2v) is 4.88. The first-order chi connectivity index (χ1) is 7.54. The van der Waals surface area contributed by atoms with E-state index in [1.807, 2.05) is 19.0 Å². The zero-order chi connectivity index (χ0) is 11.7. The Balaban J connectivity index is 2.08. The molecule has 1 aromatic rings. The SMILES string of the molecule is CC1CC(Nc2nc(Cl)nc(N(C)C)n2)C1. The number of rotatable bonds is 3. The van der Waals surface area contributed by atoms with Crippen molar-refractivity contribution in [1.82, 2.24) is 15.0 Å². The number of hydrogen-bond donors (Lipinski definition) is 1. The maximum Gasteiger partial charge on any atom is 0.230 e. The lowest BCUT2D eigenvalue weighted by atomic mass is 9.82. The largest absolute Gasteiger partial charge is 0.351 e. The van der Waals surface area contributed by atoms with Gasteiger partial charge in [0.25, 0.3) is 0 Å². The third kappa shape index (κ3) is 2.52. The molecule has 5 nitrogen and oxygen atoms in total. The van der Waals surface area contributed by atoms with Crippen LogP contribution in [0, 0.1) is 5.92 Å².